The Morgan fingerprint density at radius 2 is 1.82 bits per heavy atom. The van der Waals surface area contributed by atoms with E-state index in [0.717, 1.165) is 16.7 Å². The molecule has 0 aliphatic heterocycles. The van der Waals surface area contributed by atoms with Gasteiger partial charge in [0.2, 0.25) is 0 Å². The predicted octanol–water partition coefficient (Wildman–Crippen LogP) is 5.78. The van der Waals surface area contributed by atoms with Gasteiger partial charge in [0.1, 0.15) is 29.0 Å². The smallest absolute Gasteiger partial charge is 0.320 e. The number of hydrogen-bond donors (Lipinski definition) is 5. The summed E-state index contributed by atoms with van der Waals surface area (Å²) in [6, 6.07) is 18.4. The minimum absolute atomic E-state index is 0.0239. The number of nitrogens with one attached hydrogen (secondary N) is 5. The molecule has 1 aliphatic carbocycles. The van der Waals surface area contributed by atoms with Crippen LogP contribution in [0.5, 0.6) is 5.75 Å². The number of aromatic nitrogens is 1. The van der Waals surface area contributed by atoms with Crippen LogP contribution in [0.15, 0.2) is 71.9 Å². The second-order valence-corrected chi connectivity index (χ2v) is 9.93. The van der Waals surface area contributed by atoms with Crippen molar-refractivity contribution in [3.8, 4) is 5.75 Å². The fourth-order valence-corrected chi connectivity index (χ4v) is 4.54. The SMILES string of the molecule is Cc1ccc(N=C(CC=N)NC(=O)NC2CCC(Oc3ccc(=N)n(C(=N)C(C)C)c3)c3ccccc32)cc1. The molecular formula is C30H35N7O2. The Morgan fingerprint density at radius 3 is 2.51 bits per heavy atom. The summed E-state index contributed by atoms with van der Waals surface area (Å²) >= 11 is 0. The van der Waals surface area contributed by atoms with E-state index in [-0.39, 0.29) is 36.0 Å². The first kappa shape index (κ1) is 27.5. The molecule has 0 spiro atoms. The van der Waals surface area contributed by atoms with Gasteiger partial charge in [-0.05, 0) is 55.2 Å². The van der Waals surface area contributed by atoms with Crippen LogP contribution in [-0.4, -0.2) is 28.5 Å². The molecule has 2 amide bonds. The van der Waals surface area contributed by atoms with Gasteiger partial charge in [-0.1, -0.05) is 55.8 Å². The van der Waals surface area contributed by atoms with E-state index >= 15 is 0 Å². The van der Waals surface area contributed by atoms with Crippen LogP contribution in [0.3, 0.4) is 0 Å². The van der Waals surface area contributed by atoms with Crippen LogP contribution in [0.2, 0.25) is 0 Å². The summed E-state index contributed by atoms with van der Waals surface area (Å²) < 4.78 is 7.89. The number of pyridine rings is 1. The van der Waals surface area contributed by atoms with Crippen LogP contribution in [0.4, 0.5) is 10.5 Å². The van der Waals surface area contributed by atoms with Crippen LogP contribution < -0.4 is 20.9 Å². The molecule has 9 nitrogen and oxygen atoms in total. The van der Waals surface area contributed by atoms with Gasteiger partial charge < -0.3 is 15.5 Å². The van der Waals surface area contributed by atoms with Crippen LogP contribution in [0.25, 0.3) is 0 Å². The molecule has 202 valence electrons. The van der Waals surface area contributed by atoms with Gasteiger partial charge in [0.15, 0.2) is 0 Å². The highest BCUT2D eigenvalue weighted by Gasteiger charge is 2.29. The lowest BCUT2D eigenvalue weighted by atomic mass is 9.85. The number of amidine groups is 1. The maximum absolute atomic E-state index is 13.0. The molecule has 39 heavy (non-hydrogen) atoms. The van der Waals surface area contributed by atoms with Crippen molar-refractivity contribution in [2.24, 2.45) is 10.9 Å². The largest absolute Gasteiger partial charge is 0.484 e. The van der Waals surface area contributed by atoms with Crippen molar-refractivity contribution in [2.75, 3.05) is 0 Å². The van der Waals surface area contributed by atoms with E-state index in [1.807, 2.05) is 69.3 Å². The lowest BCUT2D eigenvalue weighted by Crippen LogP contribution is -2.42. The number of urea groups is 1. The summed E-state index contributed by atoms with van der Waals surface area (Å²) in [5.41, 5.74) is 4.03. The Morgan fingerprint density at radius 1 is 1.10 bits per heavy atom. The normalized spacial score (nSPS) is 16.8. The number of nitrogens with zero attached hydrogens (tertiary/aromatic N) is 2. The summed E-state index contributed by atoms with van der Waals surface area (Å²) in [6.07, 6.45) is 4.24. The fourth-order valence-electron chi connectivity index (χ4n) is 4.54. The Balaban J connectivity index is 1.48. The number of amides is 2. The van der Waals surface area contributed by atoms with E-state index in [2.05, 4.69) is 15.6 Å². The lowest BCUT2D eigenvalue weighted by molar-refractivity contribution is 0.171. The van der Waals surface area contributed by atoms with Crippen LogP contribution in [0, 0.1) is 29.1 Å². The second kappa shape index (κ2) is 12.3. The molecule has 0 bridgehead atoms. The van der Waals surface area contributed by atoms with Gasteiger partial charge in [0.05, 0.1) is 17.9 Å². The molecule has 2 atom stereocenters. The van der Waals surface area contributed by atoms with Gasteiger partial charge in [-0.25, -0.2) is 9.79 Å². The summed E-state index contributed by atoms with van der Waals surface area (Å²) in [5, 5.41) is 29.9. The highest BCUT2D eigenvalue weighted by atomic mass is 16.5. The number of ether oxygens (including phenoxy) is 1. The molecule has 2 unspecified atom stereocenters. The molecule has 5 N–H and O–H groups in total. The molecular weight excluding hydrogens is 490 g/mol. The molecule has 0 saturated carbocycles. The lowest BCUT2D eigenvalue weighted by Gasteiger charge is -2.32. The Hall–Kier alpha value is -4.53. The van der Waals surface area contributed by atoms with Crippen molar-refractivity contribution < 1.29 is 9.53 Å². The fraction of sp³-hybridized carbons (Fsp3) is 0.300. The van der Waals surface area contributed by atoms with Crippen molar-refractivity contribution in [1.29, 1.82) is 16.2 Å². The predicted molar refractivity (Wildman–Crippen MR) is 153 cm³/mol. The van der Waals surface area contributed by atoms with Crippen molar-refractivity contribution in [1.82, 2.24) is 15.2 Å². The first-order valence-electron chi connectivity index (χ1n) is 13.1. The molecule has 1 aliphatic rings. The molecule has 1 aromatic heterocycles. The zero-order valence-electron chi connectivity index (χ0n) is 22.5. The topological polar surface area (TPSA) is 139 Å². The minimum Gasteiger partial charge on any atom is -0.484 e. The Bertz CT molecular complexity index is 1440. The van der Waals surface area contributed by atoms with Crippen LogP contribution >= 0.6 is 0 Å². The maximum Gasteiger partial charge on any atom is 0.320 e. The van der Waals surface area contributed by atoms with Gasteiger partial charge in [-0.15, -0.1) is 0 Å². The van der Waals surface area contributed by atoms with E-state index < -0.39 is 0 Å². The monoisotopic (exact) mass is 525 g/mol. The molecule has 0 saturated heterocycles. The quantitative estimate of drug-likeness (QED) is 0.197. The van der Waals surface area contributed by atoms with Gasteiger partial charge in [0, 0.05) is 18.6 Å². The molecule has 2 aromatic carbocycles. The molecule has 4 rings (SSSR count). The summed E-state index contributed by atoms with van der Waals surface area (Å²) in [7, 11) is 0. The third-order valence-electron chi connectivity index (χ3n) is 6.60. The van der Waals surface area contributed by atoms with E-state index in [9.17, 15) is 4.79 Å². The number of fused-ring (bicyclic) bond motifs is 1. The van der Waals surface area contributed by atoms with Gasteiger partial charge in [-0.3, -0.25) is 20.7 Å². The van der Waals surface area contributed by atoms with Crippen molar-refractivity contribution >= 4 is 29.6 Å². The van der Waals surface area contributed by atoms with E-state index in [0.29, 0.717) is 35.9 Å². The molecule has 1 heterocycles. The highest BCUT2D eigenvalue weighted by Crippen LogP contribution is 2.38. The summed E-state index contributed by atoms with van der Waals surface area (Å²) in [5.74, 6) is 1.29. The second-order valence-electron chi connectivity index (χ2n) is 9.93. The van der Waals surface area contributed by atoms with Gasteiger partial charge in [0.25, 0.3) is 0 Å². The average Bonchev–Trinajstić information content (AvgIpc) is 2.92. The standard InChI is InChI=1S/C30H35N7O2/c1-19(2)29(33)37-18-22(12-15-27(37)32)39-26-14-13-25(23-6-4-5-7-24(23)26)35-30(38)36-28(16-17-31)34-21-10-8-20(3)9-11-21/h4-12,15,17-19,25-26,31-33H,13-14,16H2,1-3H3,(H2,34,35,36,38). The minimum atomic E-state index is -0.374. The Labute approximate surface area is 228 Å². The van der Waals surface area contributed by atoms with Crippen LogP contribution in [-0.2, 0) is 0 Å². The third kappa shape index (κ3) is 6.87. The highest BCUT2D eigenvalue weighted by molar-refractivity contribution is 6.03. The number of benzene rings is 2. The number of carbonyl (C=O) groups excluding carboxylic acids is 1. The number of aryl methyl sites for hydroxylation is 1. The van der Waals surface area contributed by atoms with E-state index in [1.54, 1.807) is 18.3 Å². The summed E-state index contributed by atoms with van der Waals surface area (Å²) in [6.45, 7) is 5.84. The first-order chi connectivity index (χ1) is 18.7. The van der Waals surface area contributed by atoms with Gasteiger partial charge >= 0.3 is 6.03 Å². The number of rotatable bonds is 7. The third-order valence-corrected chi connectivity index (χ3v) is 6.60. The molecule has 9 heteroatoms. The summed E-state index contributed by atoms with van der Waals surface area (Å²) in [4.78, 5) is 17.5. The number of hydrogen-bond acceptors (Lipinski definition) is 6. The Kier molecular flexibility index (Phi) is 8.70. The number of carbonyl (C=O) groups is 1. The van der Waals surface area contributed by atoms with Gasteiger partial charge in [-0.2, -0.15) is 0 Å². The van der Waals surface area contributed by atoms with Crippen molar-refractivity contribution in [3.05, 3.63) is 89.0 Å². The average molecular weight is 526 g/mol. The first-order valence-corrected chi connectivity index (χ1v) is 13.1. The molecule has 3 aromatic rings. The van der Waals surface area contributed by atoms with E-state index in [1.165, 1.54) is 10.8 Å². The van der Waals surface area contributed by atoms with Crippen molar-refractivity contribution in [2.45, 2.75) is 52.2 Å². The zero-order valence-corrected chi connectivity index (χ0v) is 22.5. The molecule has 0 fully saturated rings. The zero-order chi connectivity index (χ0) is 27.9. The van der Waals surface area contributed by atoms with Crippen LogP contribution in [0.1, 0.15) is 61.9 Å². The molecule has 0 radical (unpaired) electrons. The number of aliphatic imine (C=N–C) groups is 1. The maximum atomic E-state index is 13.0. The van der Waals surface area contributed by atoms with Crippen molar-refractivity contribution in [3.63, 3.8) is 0 Å². The van der Waals surface area contributed by atoms with E-state index in [4.69, 9.17) is 21.0 Å².